The monoisotopic (exact) mass is 333 g/mol. The van der Waals surface area contributed by atoms with Crippen LogP contribution < -0.4 is 11.1 Å². The summed E-state index contributed by atoms with van der Waals surface area (Å²) < 4.78 is 0. The maximum absolute atomic E-state index is 12.1. The van der Waals surface area contributed by atoms with E-state index in [0.29, 0.717) is 6.54 Å². The van der Waals surface area contributed by atoms with Crippen LogP contribution in [0.3, 0.4) is 0 Å². The summed E-state index contributed by atoms with van der Waals surface area (Å²) in [4.78, 5) is 14.6. The minimum atomic E-state index is -0.495. The highest BCUT2D eigenvalue weighted by Gasteiger charge is 2.27. The van der Waals surface area contributed by atoms with E-state index in [-0.39, 0.29) is 11.3 Å². The van der Waals surface area contributed by atoms with Gasteiger partial charge in [0.15, 0.2) is 0 Å². The normalized spacial score (nSPS) is 13.1. The largest absolute Gasteiger partial charge is 0.351 e. The fraction of sp³-hybridized carbons (Fsp3) is 0.650. The van der Waals surface area contributed by atoms with Crippen LogP contribution in [0.25, 0.3) is 0 Å². The molecule has 4 nitrogen and oxygen atoms in total. The molecule has 0 radical (unpaired) electrons. The predicted octanol–water partition coefficient (Wildman–Crippen LogP) is 3.30. The van der Waals surface area contributed by atoms with Crippen LogP contribution in [-0.2, 0) is 17.9 Å². The van der Waals surface area contributed by atoms with E-state index in [2.05, 4.69) is 48.3 Å². The zero-order valence-electron chi connectivity index (χ0n) is 16.1. The summed E-state index contributed by atoms with van der Waals surface area (Å²) in [6.07, 6.45) is 2.45. The number of carbonyl (C=O) groups is 1. The van der Waals surface area contributed by atoms with E-state index in [1.54, 1.807) is 0 Å². The van der Waals surface area contributed by atoms with Crippen LogP contribution in [0.15, 0.2) is 24.3 Å². The van der Waals surface area contributed by atoms with Gasteiger partial charge >= 0.3 is 0 Å². The van der Waals surface area contributed by atoms with Crippen LogP contribution in [0.1, 0.15) is 58.6 Å². The molecule has 0 aliphatic rings. The molecular weight excluding hydrogens is 298 g/mol. The summed E-state index contributed by atoms with van der Waals surface area (Å²) >= 11 is 0. The van der Waals surface area contributed by atoms with Crippen LogP contribution >= 0.6 is 0 Å². The van der Waals surface area contributed by atoms with Gasteiger partial charge in [-0.25, -0.2) is 0 Å². The molecule has 0 aliphatic carbocycles. The van der Waals surface area contributed by atoms with Crippen molar-refractivity contribution in [3.05, 3.63) is 35.4 Å². The van der Waals surface area contributed by atoms with Crippen molar-refractivity contribution in [3.8, 4) is 0 Å². The van der Waals surface area contributed by atoms with Crippen LogP contribution in [0.2, 0.25) is 0 Å². The first-order chi connectivity index (χ1) is 11.3. The average molecular weight is 334 g/mol. The SMILES string of the molecule is CCCCN(CC)Cc1cccc(CNC(=O)[C@@H](N)C(C)(C)C)c1. The van der Waals surface area contributed by atoms with Gasteiger partial charge < -0.3 is 11.1 Å². The Morgan fingerprint density at radius 1 is 1.25 bits per heavy atom. The average Bonchev–Trinajstić information content (AvgIpc) is 2.55. The standard InChI is InChI=1S/C20H35N3O/c1-6-8-12-23(7-2)15-17-11-9-10-16(13-17)14-22-19(24)18(21)20(3,4)5/h9-11,13,18H,6-8,12,14-15,21H2,1-5H3,(H,22,24)/t18-/m1/s1. The van der Waals surface area contributed by atoms with Crippen molar-refractivity contribution in [3.63, 3.8) is 0 Å². The first-order valence-electron chi connectivity index (χ1n) is 9.11. The van der Waals surface area contributed by atoms with E-state index < -0.39 is 6.04 Å². The van der Waals surface area contributed by atoms with E-state index in [1.807, 2.05) is 20.8 Å². The number of benzene rings is 1. The van der Waals surface area contributed by atoms with Crippen molar-refractivity contribution < 1.29 is 4.79 Å². The molecule has 0 spiro atoms. The molecule has 3 N–H and O–H groups in total. The summed E-state index contributed by atoms with van der Waals surface area (Å²) in [7, 11) is 0. The maximum Gasteiger partial charge on any atom is 0.237 e. The van der Waals surface area contributed by atoms with E-state index >= 15 is 0 Å². The van der Waals surface area contributed by atoms with E-state index in [4.69, 9.17) is 5.73 Å². The van der Waals surface area contributed by atoms with Crippen molar-refractivity contribution in [2.45, 2.75) is 66.6 Å². The number of unbranched alkanes of at least 4 members (excludes halogenated alkanes) is 1. The van der Waals surface area contributed by atoms with Gasteiger partial charge in [0, 0.05) is 13.1 Å². The van der Waals surface area contributed by atoms with E-state index in [9.17, 15) is 4.79 Å². The molecule has 0 aliphatic heterocycles. The summed E-state index contributed by atoms with van der Waals surface area (Å²) in [5, 5.41) is 2.96. The Bertz CT molecular complexity index is 508. The summed E-state index contributed by atoms with van der Waals surface area (Å²) in [5.74, 6) is -0.0916. The van der Waals surface area contributed by atoms with Gasteiger partial charge in [-0.3, -0.25) is 9.69 Å². The molecule has 4 heteroatoms. The van der Waals surface area contributed by atoms with Gasteiger partial charge in [0.1, 0.15) is 0 Å². The lowest BCUT2D eigenvalue weighted by Gasteiger charge is -2.26. The van der Waals surface area contributed by atoms with Gasteiger partial charge in [-0.05, 0) is 36.1 Å². The molecule has 0 aromatic heterocycles. The highest BCUT2D eigenvalue weighted by atomic mass is 16.2. The maximum atomic E-state index is 12.1. The molecule has 0 bridgehead atoms. The number of rotatable bonds is 9. The number of nitrogens with two attached hydrogens (primary N) is 1. The van der Waals surface area contributed by atoms with Crippen LogP contribution in [0.5, 0.6) is 0 Å². The minimum absolute atomic E-state index is 0.0916. The molecule has 1 aromatic rings. The highest BCUT2D eigenvalue weighted by Crippen LogP contribution is 2.17. The second-order valence-electron chi connectivity index (χ2n) is 7.60. The van der Waals surface area contributed by atoms with Gasteiger partial charge in [0.05, 0.1) is 6.04 Å². The lowest BCUT2D eigenvalue weighted by atomic mass is 9.87. The first kappa shape index (κ1) is 20.7. The topological polar surface area (TPSA) is 58.4 Å². The number of amides is 1. The van der Waals surface area contributed by atoms with Gasteiger partial charge in [0.25, 0.3) is 0 Å². The van der Waals surface area contributed by atoms with Crippen molar-refractivity contribution in [1.29, 1.82) is 0 Å². The Kier molecular flexibility index (Phi) is 8.43. The molecule has 1 amide bonds. The van der Waals surface area contributed by atoms with Gasteiger partial charge in [0.2, 0.25) is 5.91 Å². The zero-order chi connectivity index (χ0) is 18.2. The van der Waals surface area contributed by atoms with Crippen LogP contribution in [0.4, 0.5) is 0 Å². The first-order valence-corrected chi connectivity index (χ1v) is 9.11. The lowest BCUT2D eigenvalue weighted by molar-refractivity contribution is -0.124. The van der Waals surface area contributed by atoms with Crippen molar-refractivity contribution >= 4 is 5.91 Å². The summed E-state index contributed by atoms with van der Waals surface area (Å²) in [6, 6.07) is 7.95. The molecule has 1 rings (SSSR count). The Morgan fingerprint density at radius 3 is 2.50 bits per heavy atom. The molecule has 0 saturated carbocycles. The van der Waals surface area contributed by atoms with Crippen molar-refractivity contribution in [2.24, 2.45) is 11.1 Å². The third-order valence-electron chi connectivity index (χ3n) is 4.35. The molecule has 0 heterocycles. The smallest absolute Gasteiger partial charge is 0.237 e. The van der Waals surface area contributed by atoms with Gasteiger partial charge in [-0.1, -0.05) is 65.3 Å². The van der Waals surface area contributed by atoms with Gasteiger partial charge in [-0.2, -0.15) is 0 Å². The highest BCUT2D eigenvalue weighted by molar-refractivity contribution is 5.82. The fourth-order valence-corrected chi connectivity index (χ4v) is 2.52. The quantitative estimate of drug-likeness (QED) is 0.729. The molecule has 1 atom stereocenters. The van der Waals surface area contributed by atoms with Crippen molar-refractivity contribution in [2.75, 3.05) is 13.1 Å². The molecule has 0 fully saturated rings. The number of carbonyl (C=O) groups excluding carboxylic acids is 1. The number of nitrogens with zero attached hydrogens (tertiary/aromatic N) is 1. The molecular formula is C20H35N3O. The second kappa shape index (κ2) is 9.80. The lowest BCUT2D eigenvalue weighted by Crippen LogP contribution is -2.48. The number of nitrogens with one attached hydrogen (secondary N) is 1. The van der Waals surface area contributed by atoms with Crippen molar-refractivity contribution in [1.82, 2.24) is 10.2 Å². The summed E-state index contributed by atoms with van der Waals surface area (Å²) in [5.41, 5.74) is 8.18. The zero-order valence-corrected chi connectivity index (χ0v) is 16.1. The van der Waals surface area contributed by atoms with E-state index in [0.717, 1.165) is 25.2 Å². The Morgan fingerprint density at radius 2 is 1.92 bits per heavy atom. The Hall–Kier alpha value is -1.39. The molecule has 24 heavy (non-hydrogen) atoms. The fourth-order valence-electron chi connectivity index (χ4n) is 2.52. The van der Waals surface area contributed by atoms with Gasteiger partial charge in [-0.15, -0.1) is 0 Å². The number of hydrogen-bond acceptors (Lipinski definition) is 3. The predicted molar refractivity (Wildman–Crippen MR) is 102 cm³/mol. The third kappa shape index (κ3) is 7.02. The van der Waals surface area contributed by atoms with E-state index in [1.165, 1.54) is 18.4 Å². The Balaban J connectivity index is 2.60. The second-order valence-corrected chi connectivity index (χ2v) is 7.60. The van der Waals surface area contributed by atoms with Crippen LogP contribution in [0, 0.1) is 5.41 Å². The third-order valence-corrected chi connectivity index (χ3v) is 4.35. The molecule has 136 valence electrons. The summed E-state index contributed by atoms with van der Waals surface area (Å²) in [6.45, 7) is 14.0. The Labute approximate surface area is 147 Å². The molecule has 1 aromatic carbocycles. The number of hydrogen-bond donors (Lipinski definition) is 2. The van der Waals surface area contributed by atoms with Crippen LogP contribution in [-0.4, -0.2) is 29.9 Å². The molecule has 0 saturated heterocycles. The minimum Gasteiger partial charge on any atom is -0.351 e. The molecule has 0 unspecified atom stereocenters.